The Morgan fingerprint density at radius 2 is 1.45 bits per heavy atom. The highest BCUT2D eigenvalue weighted by Gasteiger charge is 2.52. The summed E-state index contributed by atoms with van der Waals surface area (Å²) in [6.45, 7) is 0.889. The maximum atomic E-state index is 12.9. The molecule has 1 fully saturated rings. The van der Waals surface area contributed by atoms with Crippen LogP contribution in [0.2, 0.25) is 0 Å². The average Bonchev–Trinajstić information content (AvgIpc) is 3.32. The standard InChI is InChI=1S/C28H32N2O15P2/c1-2-3-10-17-46(35,36)45-47(37,38)39-18-21-23(43-27(33)40-19-11-6-4-7-12-19)24(44-28(34)41-20-13-8-5-9-14-20)25(42-21)30-16-15-22(31)29-26(30)32/h4-9,11-16,21,23-25H,2-3,10,17-18H2,1H3,(H,35,36)(H,37,38)(H,29,31,32)/t21-,23?,24+,25-/m1/s1. The van der Waals surface area contributed by atoms with Crippen LogP contribution >= 0.6 is 15.4 Å². The van der Waals surface area contributed by atoms with Gasteiger partial charge in [-0.3, -0.25) is 23.4 Å². The van der Waals surface area contributed by atoms with Crippen LogP contribution in [0, 0.1) is 0 Å². The van der Waals surface area contributed by atoms with Crippen molar-refractivity contribution in [2.45, 2.75) is 50.7 Å². The van der Waals surface area contributed by atoms with Gasteiger partial charge in [0.25, 0.3) is 5.56 Å². The summed E-state index contributed by atoms with van der Waals surface area (Å²) >= 11 is 0. The van der Waals surface area contributed by atoms with Gasteiger partial charge in [0.15, 0.2) is 18.4 Å². The number of aromatic amines is 1. The quantitative estimate of drug-likeness (QED) is 0.0931. The Kier molecular flexibility index (Phi) is 12.3. The molecule has 254 valence electrons. The number of ether oxygens (including phenoxy) is 5. The minimum atomic E-state index is -5.24. The largest absolute Gasteiger partial charge is 0.514 e. The van der Waals surface area contributed by atoms with E-state index in [-0.39, 0.29) is 17.9 Å². The van der Waals surface area contributed by atoms with Crippen LogP contribution in [0.15, 0.2) is 82.5 Å². The number of H-pyrrole nitrogens is 1. The van der Waals surface area contributed by atoms with Crippen LogP contribution in [0.5, 0.6) is 11.5 Å². The predicted octanol–water partition coefficient (Wildman–Crippen LogP) is 4.11. The fraction of sp³-hybridized carbons (Fsp3) is 0.357. The number of rotatable bonds is 14. The van der Waals surface area contributed by atoms with Crippen LogP contribution in [0.3, 0.4) is 0 Å². The normalized spacial score (nSPS) is 21.6. The van der Waals surface area contributed by atoms with Crippen molar-refractivity contribution < 1.29 is 61.0 Å². The summed E-state index contributed by atoms with van der Waals surface area (Å²) in [7, 11) is -9.81. The summed E-state index contributed by atoms with van der Waals surface area (Å²) in [5.41, 5.74) is -1.79. The summed E-state index contributed by atoms with van der Waals surface area (Å²) in [6.07, 6.45) is -7.29. The second-order valence-electron chi connectivity index (χ2n) is 9.99. The minimum absolute atomic E-state index is 0.0635. The molecule has 0 saturated carbocycles. The molecule has 3 unspecified atom stereocenters. The van der Waals surface area contributed by atoms with E-state index in [9.17, 15) is 38.1 Å². The first-order chi connectivity index (χ1) is 22.4. The zero-order chi connectivity index (χ0) is 34.0. The number of phosphoric acid groups is 1. The molecule has 2 aromatic carbocycles. The molecule has 1 aromatic heterocycles. The first-order valence-electron chi connectivity index (χ1n) is 14.2. The maximum absolute atomic E-state index is 12.9. The average molecular weight is 699 g/mol. The van der Waals surface area contributed by atoms with Gasteiger partial charge in [0.1, 0.15) is 17.6 Å². The second-order valence-corrected chi connectivity index (χ2v) is 13.6. The zero-order valence-corrected chi connectivity index (χ0v) is 26.6. The van der Waals surface area contributed by atoms with E-state index in [0.717, 1.165) is 16.8 Å². The van der Waals surface area contributed by atoms with E-state index >= 15 is 0 Å². The molecule has 3 aromatic rings. The number of carbonyl (C=O) groups excluding carboxylic acids is 2. The van der Waals surface area contributed by atoms with Crippen molar-refractivity contribution in [1.29, 1.82) is 0 Å². The third kappa shape index (κ3) is 10.7. The maximum Gasteiger partial charge on any atom is 0.514 e. The number of aromatic nitrogens is 2. The molecule has 6 atom stereocenters. The van der Waals surface area contributed by atoms with Gasteiger partial charge in [-0.15, -0.1) is 0 Å². The van der Waals surface area contributed by atoms with E-state index in [1.165, 1.54) is 24.3 Å². The Labute approximate surface area is 267 Å². The Bertz CT molecular complexity index is 1720. The van der Waals surface area contributed by atoms with Crippen LogP contribution in [-0.2, 0) is 32.2 Å². The molecule has 0 bridgehead atoms. The van der Waals surface area contributed by atoms with Gasteiger partial charge in [0.05, 0.1) is 12.8 Å². The lowest BCUT2D eigenvalue weighted by atomic mass is 10.1. The van der Waals surface area contributed by atoms with Crippen molar-refractivity contribution in [3.8, 4) is 11.5 Å². The van der Waals surface area contributed by atoms with Crippen molar-refractivity contribution in [3.63, 3.8) is 0 Å². The monoisotopic (exact) mass is 698 g/mol. The summed E-state index contributed by atoms with van der Waals surface area (Å²) in [6, 6.07) is 16.3. The molecule has 3 N–H and O–H groups in total. The molecule has 17 nitrogen and oxygen atoms in total. The molecule has 1 saturated heterocycles. The van der Waals surface area contributed by atoms with Gasteiger partial charge in [-0.05, 0) is 30.7 Å². The first kappa shape index (κ1) is 35.8. The topological polar surface area (TPSA) is 228 Å². The highest BCUT2D eigenvalue weighted by atomic mass is 31.3. The van der Waals surface area contributed by atoms with Crippen molar-refractivity contribution in [2.75, 3.05) is 12.8 Å². The third-order valence-corrected chi connectivity index (χ3v) is 9.64. The number of phosphoric ester groups is 1. The number of unbranched alkanes of at least 4 members (excludes halogenated alkanes) is 2. The number of nitrogens with zero attached hydrogens (tertiary/aromatic N) is 1. The second kappa shape index (κ2) is 16.2. The molecule has 19 heteroatoms. The highest BCUT2D eigenvalue weighted by molar-refractivity contribution is 7.64. The highest BCUT2D eigenvalue weighted by Crippen LogP contribution is 2.60. The molecule has 4 rings (SSSR count). The van der Waals surface area contributed by atoms with Crippen LogP contribution in [0.1, 0.15) is 32.4 Å². The van der Waals surface area contributed by atoms with Crippen LogP contribution in [-0.4, -0.2) is 62.7 Å². The van der Waals surface area contributed by atoms with E-state index < -0.39 is 76.3 Å². The molecular formula is C28H32N2O15P2. The molecular weight excluding hydrogens is 666 g/mol. The number of hydrogen-bond acceptors (Lipinski definition) is 13. The Hall–Kier alpha value is -4.08. The Balaban J connectivity index is 1.63. The Morgan fingerprint density at radius 3 is 2.00 bits per heavy atom. The van der Waals surface area contributed by atoms with Gasteiger partial charge >= 0.3 is 33.4 Å². The van der Waals surface area contributed by atoms with Gasteiger partial charge in [-0.2, -0.15) is 0 Å². The number of hydrogen-bond donors (Lipinski definition) is 3. The molecule has 47 heavy (non-hydrogen) atoms. The van der Waals surface area contributed by atoms with Gasteiger partial charge in [-0.1, -0.05) is 56.2 Å². The molecule has 2 heterocycles. The van der Waals surface area contributed by atoms with Gasteiger partial charge < -0.3 is 33.5 Å². The SMILES string of the molecule is CCCCCP(=O)(O)OP(=O)(O)OC[C@H]1O[C@@H](n2ccc(=O)[nH]c2=O)[C@@H](OC(=O)Oc2ccccc2)C1OC(=O)Oc1ccccc1. The van der Waals surface area contributed by atoms with Gasteiger partial charge in [-0.25, -0.2) is 23.3 Å². The predicted molar refractivity (Wildman–Crippen MR) is 161 cm³/mol. The summed E-state index contributed by atoms with van der Waals surface area (Å²) in [4.78, 5) is 72.6. The zero-order valence-electron chi connectivity index (χ0n) is 24.8. The summed E-state index contributed by atoms with van der Waals surface area (Å²) in [5, 5.41) is 0. The number of nitrogens with one attached hydrogen (secondary N) is 1. The minimum Gasteiger partial charge on any atom is -0.424 e. The smallest absolute Gasteiger partial charge is 0.424 e. The molecule has 0 aliphatic carbocycles. The lowest BCUT2D eigenvalue weighted by Crippen LogP contribution is -2.43. The lowest BCUT2D eigenvalue weighted by molar-refractivity contribution is -0.0604. The summed E-state index contributed by atoms with van der Waals surface area (Å²) in [5.74, 6) is 0.134. The fourth-order valence-corrected chi connectivity index (χ4v) is 7.12. The van der Waals surface area contributed by atoms with Gasteiger partial charge in [0, 0.05) is 12.3 Å². The molecule has 1 aliphatic heterocycles. The number of benzene rings is 2. The third-order valence-electron chi connectivity index (χ3n) is 6.44. The number of carbonyl (C=O) groups is 2. The van der Waals surface area contributed by atoms with Crippen molar-refractivity contribution in [1.82, 2.24) is 9.55 Å². The van der Waals surface area contributed by atoms with E-state index in [1.807, 2.05) is 11.9 Å². The van der Waals surface area contributed by atoms with E-state index in [2.05, 4.69) is 4.31 Å². The number of para-hydroxylation sites is 2. The summed E-state index contributed by atoms with van der Waals surface area (Å²) < 4.78 is 62.4. The lowest BCUT2D eigenvalue weighted by Gasteiger charge is -2.24. The van der Waals surface area contributed by atoms with Crippen LogP contribution < -0.4 is 20.7 Å². The van der Waals surface area contributed by atoms with Crippen molar-refractivity contribution >= 4 is 27.7 Å². The molecule has 0 spiro atoms. The van der Waals surface area contributed by atoms with Gasteiger partial charge in [0.2, 0.25) is 0 Å². The van der Waals surface area contributed by atoms with Crippen molar-refractivity contribution in [3.05, 3.63) is 93.8 Å². The molecule has 0 amide bonds. The van der Waals surface area contributed by atoms with E-state index in [1.54, 1.807) is 36.4 Å². The van der Waals surface area contributed by atoms with E-state index in [0.29, 0.717) is 12.8 Å². The van der Waals surface area contributed by atoms with E-state index in [4.69, 9.17) is 28.2 Å². The fourth-order valence-electron chi connectivity index (χ4n) is 4.36. The molecule has 0 radical (unpaired) electrons. The van der Waals surface area contributed by atoms with Crippen LogP contribution in [0.25, 0.3) is 0 Å². The van der Waals surface area contributed by atoms with Crippen molar-refractivity contribution in [2.24, 2.45) is 0 Å². The molecule has 1 aliphatic rings. The van der Waals surface area contributed by atoms with Crippen LogP contribution in [0.4, 0.5) is 9.59 Å². The Morgan fingerprint density at radius 1 is 0.872 bits per heavy atom. The first-order valence-corrected chi connectivity index (χ1v) is 17.5.